The number of esters is 1. The number of rotatable bonds is 6. The van der Waals surface area contributed by atoms with Crippen molar-refractivity contribution in [3.05, 3.63) is 120 Å². The lowest BCUT2D eigenvalue weighted by Gasteiger charge is -2.49. The van der Waals surface area contributed by atoms with Crippen LogP contribution in [0.2, 0.25) is 0 Å². The van der Waals surface area contributed by atoms with Crippen LogP contribution in [0.1, 0.15) is 28.5 Å². The number of aliphatic carboxylic acids is 1. The zero-order valence-corrected chi connectivity index (χ0v) is 18.0. The van der Waals surface area contributed by atoms with E-state index in [1.807, 2.05) is 103 Å². The number of benzene rings is 4. The number of carboxylic acids is 1. The van der Waals surface area contributed by atoms with Gasteiger partial charge in [-0.05, 0) is 27.5 Å². The first-order chi connectivity index (χ1) is 16.1. The van der Waals surface area contributed by atoms with Gasteiger partial charge in [-0.15, -0.1) is 0 Å². The molecule has 2 unspecified atom stereocenters. The number of carbonyl (C=O) groups excluding carboxylic acids is 1. The summed E-state index contributed by atoms with van der Waals surface area (Å²) >= 11 is 0. The molecule has 0 bridgehead atoms. The van der Waals surface area contributed by atoms with Crippen molar-refractivity contribution in [2.24, 2.45) is 11.8 Å². The molecular formula is C29H24O4. The third kappa shape index (κ3) is 3.89. The Balaban J connectivity index is 1.47. The highest BCUT2D eigenvalue weighted by Crippen LogP contribution is 2.58. The SMILES string of the molecule is O=C(O)C1C(c2ccccc2)[C@@H](C(=O)OCc2cccc3ccccc23)[C@H]1c1ccccc1. The highest BCUT2D eigenvalue weighted by molar-refractivity contribution is 5.87. The van der Waals surface area contributed by atoms with Gasteiger partial charge in [0.2, 0.25) is 0 Å². The Kier molecular flexibility index (Phi) is 5.66. The molecule has 1 aliphatic rings. The van der Waals surface area contributed by atoms with Crippen LogP contribution in [0.15, 0.2) is 103 Å². The summed E-state index contributed by atoms with van der Waals surface area (Å²) in [6.07, 6.45) is 0. The summed E-state index contributed by atoms with van der Waals surface area (Å²) in [5.74, 6) is -3.38. The molecule has 4 aromatic carbocycles. The summed E-state index contributed by atoms with van der Waals surface area (Å²) in [5, 5.41) is 12.2. The maximum absolute atomic E-state index is 13.5. The maximum atomic E-state index is 13.5. The first kappa shape index (κ1) is 21.0. The molecule has 0 amide bonds. The average molecular weight is 437 g/mol. The Morgan fingerprint density at radius 1 is 0.667 bits per heavy atom. The summed E-state index contributed by atoms with van der Waals surface area (Å²) in [7, 11) is 0. The fraction of sp³-hybridized carbons (Fsp3) is 0.172. The van der Waals surface area contributed by atoms with E-state index < -0.39 is 29.6 Å². The molecule has 5 rings (SSSR count). The van der Waals surface area contributed by atoms with E-state index in [9.17, 15) is 14.7 Å². The molecule has 1 aliphatic carbocycles. The first-order valence-corrected chi connectivity index (χ1v) is 11.1. The number of carbonyl (C=O) groups is 2. The van der Waals surface area contributed by atoms with E-state index in [4.69, 9.17) is 4.74 Å². The zero-order chi connectivity index (χ0) is 22.8. The van der Waals surface area contributed by atoms with E-state index in [1.165, 1.54) is 0 Å². The van der Waals surface area contributed by atoms with Crippen molar-refractivity contribution in [1.29, 1.82) is 0 Å². The fourth-order valence-corrected chi connectivity index (χ4v) is 5.19. The highest BCUT2D eigenvalue weighted by Gasteiger charge is 2.59. The number of hydrogen-bond acceptors (Lipinski definition) is 3. The minimum atomic E-state index is -0.893. The van der Waals surface area contributed by atoms with Crippen molar-refractivity contribution in [2.45, 2.75) is 18.4 Å². The summed E-state index contributed by atoms with van der Waals surface area (Å²) in [5.41, 5.74) is 2.64. The zero-order valence-electron chi connectivity index (χ0n) is 18.0. The molecule has 4 heteroatoms. The van der Waals surface area contributed by atoms with Gasteiger partial charge in [-0.25, -0.2) is 0 Å². The van der Waals surface area contributed by atoms with Crippen LogP contribution in [0.4, 0.5) is 0 Å². The topological polar surface area (TPSA) is 63.6 Å². The van der Waals surface area contributed by atoms with Gasteiger partial charge in [-0.2, -0.15) is 0 Å². The second-order valence-corrected chi connectivity index (χ2v) is 8.51. The molecule has 1 fully saturated rings. The molecule has 164 valence electrons. The Morgan fingerprint density at radius 2 is 1.21 bits per heavy atom. The van der Waals surface area contributed by atoms with Gasteiger partial charge in [0.05, 0.1) is 11.8 Å². The van der Waals surface area contributed by atoms with Crippen molar-refractivity contribution in [3.63, 3.8) is 0 Å². The first-order valence-electron chi connectivity index (χ1n) is 11.1. The highest BCUT2D eigenvalue weighted by atomic mass is 16.5. The van der Waals surface area contributed by atoms with Crippen molar-refractivity contribution in [1.82, 2.24) is 0 Å². The van der Waals surface area contributed by atoms with Gasteiger partial charge in [-0.3, -0.25) is 9.59 Å². The molecular weight excluding hydrogens is 412 g/mol. The third-order valence-corrected chi connectivity index (χ3v) is 6.72. The van der Waals surface area contributed by atoms with Crippen LogP contribution in [-0.4, -0.2) is 17.0 Å². The molecule has 0 spiro atoms. The van der Waals surface area contributed by atoms with Crippen LogP contribution < -0.4 is 0 Å². The largest absolute Gasteiger partial charge is 0.481 e. The van der Waals surface area contributed by atoms with Gasteiger partial charge in [-0.1, -0.05) is 103 Å². The fourth-order valence-electron chi connectivity index (χ4n) is 5.19. The average Bonchev–Trinajstić information content (AvgIpc) is 2.83. The van der Waals surface area contributed by atoms with Crippen LogP contribution in [0.3, 0.4) is 0 Å². The lowest BCUT2D eigenvalue weighted by molar-refractivity contribution is -0.165. The van der Waals surface area contributed by atoms with E-state index in [1.54, 1.807) is 0 Å². The Labute approximate surface area is 192 Å². The van der Waals surface area contributed by atoms with E-state index in [0.29, 0.717) is 0 Å². The predicted molar refractivity (Wildman–Crippen MR) is 127 cm³/mol. The molecule has 0 radical (unpaired) electrons. The Hall–Kier alpha value is -3.92. The van der Waals surface area contributed by atoms with Crippen LogP contribution in [0.5, 0.6) is 0 Å². The number of carboxylic acid groups (broad SMARTS) is 1. The predicted octanol–water partition coefficient (Wildman–Crippen LogP) is 5.78. The third-order valence-electron chi connectivity index (χ3n) is 6.72. The minimum absolute atomic E-state index is 0.150. The summed E-state index contributed by atoms with van der Waals surface area (Å²) in [6.45, 7) is 0.150. The number of hydrogen-bond donors (Lipinski definition) is 1. The molecule has 0 aliphatic heterocycles. The molecule has 1 saturated carbocycles. The van der Waals surface area contributed by atoms with Crippen molar-refractivity contribution < 1.29 is 19.4 Å². The summed E-state index contributed by atoms with van der Waals surface area (Å²) in [6, 6.07) is 32.8. The summed E-state index contributed by atoms with van der Waals surface area (Å²) in [4.78, 5) is 25.7. The van der Waals surface area contributed by atoms with Crippen LogP contribution in [0.25, 0.3) is 10.8 Å². The molecule has 4 aromatic rings. The molecule has 4 atom stereocenters. The molecule has 33 heavy (non-hydrogen) atoms. The van der Waals surface area contributed by atoms with Gasteiger partial charge in [0.15, 0.2) is 0 Å². The molecule has 4 nitrogen and oxygen atoms in total. The second kappa shape index (κ2) is 8.91. The normalized spacial score (nSPS) is 21.8. The van der Waals surface area contributed by atoms with Gasteiger partial charge in [0.25, 0.3) is 0 Å². The minimum Gasteiger partial charge on any atom is -0.481 e. The summed E-state index contributed by atoms with van der Waals surface area (Å²) < 4.78 is 5.84. The lowest BCUT2D eigenvalue weighted by Crippen LogP contribution is -2.51. The van der Waals surface area contributed by atoms with Gasteiger partial charge >= 0.3 is 11.9 Å². The molecule has 0 saturated heterocycles. The second-order valence-electron chi connectivity index (χ2n) is 8.51. The molecule has 1 N–H and O–H groups in total. The Bertz CT molecular complexity index is 1230. The van der Waals surface area contributed by atoms with Crippen molar-refractivity contribution >= 4 is 22.7 Å². The maximum Gasteiger partial charge on any atom is 0.310 e. The van der Waals surface area contributed by atoms with Crippen molar-refractivity contribution in [3.8, 4) is 0 Å². The van der Waals surface area contributed by atoms with Crippen molar-refractivity contribution in [2.75, 3.05) is 0 Å². The van der Waals surface area contributed by atoms with Gasteiger partial charge in [0, 0.05) is 11.8 Å². The smallest absolute Gasteiger partial charge is 0.310 e. The van der Waals surface area contributed by atoms with Crippen LogP contribution in [-0.2, 0) is 20.9 Å². The molecule has 0 aromatic heterocycles. The lowest BCUT2D eigenvalue weighted by atomic mass is 9.52. The quantitative estimate of drug-likeness (QED) is 0.389. The number of fused-ring (bicyclic) bond motifs is 1. The van der Waals surface area contributed by atoms with E-state index in [0.717, 1.165) is 27.5 Å². The van der Waals surface area contributed by atoms with Gasteiger partial charge in [0.1, 0.15) is 6.61 Å². The standard InChI is InChI=1S/C29H24O4/c30-28(31)26-24(20-11-3-1-4-12-20)27(25(26)21-13-5-2-6-14-21)29(32)33-18-22-16-9-15-19-10-7-8-17-23(19)22/h1-17,24-27H,18H2,(H,30,31)/t24-,25?,26?,27-/m0/s1. The van der Waals surface area contributed by atoms with Gasteiger partial charge < -0.3 is 9.84 Å². The van der Waals surface area contributed by atoms with Crippen LogP contribution >= 0.6 is 0 Å². The van der Waals surface area contributed by atoms with E-state index in [-0.39, 0.29) is 12.6 Å². The molecule has 0 heterocycles. The monoisotopic (exact) mass is 436 g/mol. The number of ether oxygens (including phenoxy) is 1. The Morgan fingerprint density at radius 3 is 1.82 bits per heavy atom. The van der Waals surface area contributed by atoms with Crippen LogP contribution in [0, 0.1) is 11.8 Å². The van der Waals surface area contributed by atoms with E-state index >= 15 is 0 Å². The van der Waals surface area contributed by atoms with E-state index in [2.05, 4.69) is 0 Å².